The van der Waals surface area contributed by atoms with Crippen LogP contribution in [0.2, 0.25) is 5.02 Å². The average Bonchev–Trinajstić information content (AvgIpc) is 2.93. The molecule has 2 N–H and O–H groups in total. The Labute approximate surface area is 167 Å². The Morgan fingerprint density at radius 2 is 2.04 bits per heavy atom. The van der Waals surface area contributed by atoms with Crippen molar-refractivity contribution in [3.63, 3.8) is 0 Å². The Kier molecular flexibility index (Phi) is 5.79. The number of piperidine rings is 1. The largest absolute Gasteiger partial charge is 0.496 e. The SMILES string of the molecule is COc1cc(F)c(Cl)cc1C1CCN(C(=O)CC[C@@]2(C)NC(=O)NC2=O)CC1. The summed E-state index contributed by atoms with van der Waals surface area (Å²) in [6.45, 7) is 2.71. The molecule has 0 unspecified atom stereocenters. The van der Waals surface area contributed by atoms with Gasteiger partial charge >= 0.3 is 6.03 Å². The lowest BCUT2D eigenvalue weighted by molar-refractivity contribution is -0.133. The van der Waals surface area contributed by atoms with Crippen LogP contribution in [0.4, 0.5) is 9.18 Å². The third-order valence-electron chi connectivity index (χ3n) is 5.52. The van der Waals surface area contributed by atoms with Crippen molar-refractivity contribution in [2.75, 3.05) is 20.2 Å². The van der Waals surface area contributed by atoms with Crippen molar-refractivity contribution in [1.82, 2.24) is 15.5 Å². The van der Waals surface area contributed by atoms with Gasteiger partial charge in [0.05, 0.1) is 12.1 Å². The molecule has 3 rings (SSSR count). The first-order chi connectivity index (χ1) is 13.2. The number of benzene rings is 1. The zero-order valence-electron chi connectivity index (χ0n) is 15.8. The minimum absolute atomic E-state index is 0.0550. The van der Waals surface area contributed by atoms with E-state index in [2.05, 4.69) is 10.6 Å². The molecule has 4 amide bonds. The van der Waals surface area contributed by atoms with E-state index in [0.717, 1.165) is 5.56 Å². The van der Waals surface area contributed by atoms with E-state index in [4.69, 9.17) is 16.3 Å². The third kappa shape index (κ3) is 4.06. The molecular formula is C19H23ClFN3O4. The van der Waals surface area contributed by atoms with Crippen molar-refractivity contribution in [2.24, 2.45) is 0 Å². The van der Waals surface area contributed by atoms with Crippen molar-refractivity contribution in [2.45, 2.75) is 44.1 Å². The van der Waals surface area contributed by atoms with E-state index in [1.807, 2.05) is 0 Å². The van der Waals surface area contributed by atoms with E-state index in [9.17, 15) is 18.8 Å². The highest BCUT2D eigenvalue weighted by molar-refractivity contribution is 6.30. The summed E-state index contributed by atoms with van der Waals surface area (Å²) < 4.78 is 18.9. The van der Waals surface area contributed by atoms with Crippen LogP contribution >= 0.6 is 11.6 Å². The molecule has 0 bridgehead atoms. The molecule has 28 heavy (non-hydrogen) atoms. The summed E-state index contributed by atoms with van der Waals surface area (Å²) in [7, 11) is 1.49. The normalized spacial score (nSPS) is 22.8. The smallest absolute Gasteiger partial charge is 0.322 e. The fourth-order valence-electron chi connectivity index (χ4n) is 3.75. The molecule has 1 aromatic carbocycles. The predicted octanol–water partition coefficient (Wildman–Crippen LogP) is 2.57. The molecule has 0 saturated carbocycles. The molecule has 2 saturated heterocycles. The zero-order chi connectivity index (χ0) is 20.5. The highest BCUT2D eigenvalue weighted by Gasteiger charge is 2.42. The maximum absolute atomic E-state index is 13.7. The summed E-state index contributed by atoms with van der Waals surface area (Å²) in [6.07, 6.45) is 1.82. The van der Waals surface area contributed by atoms with Gasteiger partial charge in [-0.05, 0) is 43.7 Å². The number of nitrogens with zero attached hydrogens (tertiary/aromatic N) is 1. The van der Waals surface area contributed by atoms with Crippen LogP contribution in [0, 0.1) is 5.82 Å². The third-order valence-corrected chi connectivity index (χ3v) is 5.81. The van der Waals surface area contributed by atoms with Gasteiger partial charge in [-0.25, -0.2) is 9.18 Å². The van der Waals surface area contributed by atoms with Gasteiger partial charge in [0.2, 0.25) is 5.91 Å². The van der Waals surface area contributed by atoms with Gasteiger partial charge in [-0.2, -0.15) is 0 Å². The highest BCUT2D eigenvalue weighted by atomic mass is 35.5. The lowest BCUT2D eigenvalue weighted by atomic mass is 9.88. The minimum atomic E-state index is -1.05. The summed E-state index contributed by atoms with van der Waals surface area (Å²) in [5, 5.41) is 4.81. The van der Waals surface area contributed by atoms with E-state index < -0.39 is 23.3 Å². The van der Waals surface area contributed by atoms with Crippen molar-refractivity contribution in [1.29, 1.82) is 0 Å². The molecular weight excluding hydrogens is 389 g/mol. The molecule has 7 nitrogen and oxygen atoms in total. The van der Waals surface area contributed by atoms with E-state index in [1.54, 1.807) is 17.9 Å². The number of urea groups is 1. The Morgan fingerprint density at radius 1 is 1.36 bits per heavy atom. The van der Waals surface area contributed by atoms with Crippen LogP contribution in [0.1, 0.15) is 44.1 Å². The van der Waals surface area contributed by atoms with E-state index in [1.165, 1.54) is 13.2 Å². The fourth-order valence-corrected chi connectivity index (χ4v) is 3.92. The number of carbonyl (C=O) groups is 3. The standard InChI is InChI=1S/C19H23ClFN3O4/c1-19(17(26)22-18(27)23-19)6-3-16(25)24-7-4-11(5-8-24)12-9-13(20)14(21)10-15(12)28-2/h9-11H,3-8H2,1-2H3,(H2,22,23,26,27)/t19-/m1/s1. The zero-order valence-corrected chi connectivity index (χ0v) is 16.6. The maximum Gasteiger partial charge on any atom is 0.322 e. The number of methoxy groups -OCH3 is 1. The van der Waals surface area contributed by atoms with Gasteiger partial charge in [-0.15, -0.1) is 0 Å². The van der Waals surface area contributed by atoms with E-state index in [0.29, 0.717) is 31.7 Å². The highest BCUT2D eigenvalue weighted by Crippen LogP contribution is 2.37. The van der Waals surface area contributed by atoms with Crippen LogP contribution in [0.5, 0.6) is 5.75 Å². The summed E-state index contributed by atoms with van der Waals surface area (Å²) in [6, 6.07) is 2.35. The van der Waals surface area contributed by atoms with Crippen LogP contribution < -0.4 is 15.4 Å². The lowest BCUT2D eigenvalue weighted by Gasteiger charge is -2.33. The average molecular weight is 412 g/mol. The van der Waals surface area contributed by atoms with Gasteiger partial charge in [0.1, 0.15) is 17.1 Å². The Hall–Kier alpha value is -2.35. The van der Waals surface area contributed by atoms with E-state index in [-0.39, 0.29) is 29.7 Å². The molecule has 1 aromatic rings. The minimum Gasteiger partial charge on any atom is -0.496 e. The fraction of sp³-hybridized carbons (Fsp3) is 0.526. The van der Waals surface area contributed by atoms with Gasteiger partial charge in [0.15, 0.2) is 0 Å². The molecule has 0 aliphatic carbocycles. The van der Waals surface area contributed by atoms with Crippen molar-refractivity contribution in [3.05, 3.63) is 28.5 Å². The van der Waals surface area contributed by atoms with Crippen molar-refractivity contribution >= 4 is 29.4 Å². The first kappa shape index (κ1) is 20.4. The van der Waals surface area contributed by atoms with Crippen LogP contribution in [0.15, 0.2) is 12.1 Å². The monoisotopic (exact) mass is 411 g/mol. The van der Waals surface area contributed by atoms with Crippen LogP contribution in [0.25, 0.3) is 0 Å². The molecule has 152 valence electrons. The molecule has 2 aliphatic rings. The van der Waals surface area contributed by atoms with Crippen molar-refractivity contribution < 1.29 is 23.5 Å². The van der Waals surface area contributed by atoms with Gasteiger partial charge in [0.25, 0.3) is 5.91 Å². The van der Waals surface area contributed by atoms with Crippen LogP contribution in [0.3, 0.4) is 0 Å². The number of rotatable bonds is 5. The van der Waals surface area contributed by atoms with Crippen molar-refractivity contribution in [3.8, 4) is 5.75 Å². The second kappa shape index (κ2) is 7.95. The van der Waals surface area contributed by atoms with Gasteiger partial charge in [0, 0.05) is 25.6 Å². The van der Waals surface area contributed by atoms with Crippen LogP contribution in [-0.2, 0) is 9.59 Å². The lowest BCUT2D eigenvalue weighted by Crippen LogP contribution is -2.45. The summed E-state index contributed by atoms with van der Waals surface area (Å²) in [5.74, 6) is -0.412. The van der Waals surface area contributed by atoms with E-state index >= 15 is 0 Å². The first-order valence-corrected chi connectivity index (χ1v) is 9.55. The number of nitrogens with one attached hydrogen (secondary N) is 2. The topological polar surface area (TPSA) is 87.7 Å². The Morgan fingerprint density at radius 3 is 2.61 bits per heavy atom. The molecule has 0 aromatic heterocycles. The first-order valence-electron chi connectivity index (χ1n) is 9.18. The molecule has 2 heterocycles. The summed E-state index contributed by atoms with van der Waals surface area (Å²) in [5.41, 5.74) is -0.206. The number of hydrogen-bond acceptors (Lipinski definition) is 4. The second-order valence-corrected chi connectivity index (χ2v) is 7.81. The molecule has 1 atom stereocenters. The van der Waals surface area contributed by atoms with Gasteiger partial charge in [-0.3, -0.25) is 14.9 Å². The number of carbonyl (C=O) groups excluding carboxylic acids is 3. The molecule has 2 fully saturated rings. The number of halogens is 2. The predicted molar refractivity (Wildman–Crippen MR) is 101 cm³/mol. The number of imide groups is 1. The Bertz CT molecular complexity index is 811. The molecule has 0 radical (unpaired) electrons. The van der Waals surface area contributed by atoms with Crippen LogP contribution in [-0.4, -0.2) is 48.5 Å². The number of ether oxygens (including phenoxy) is 1. The quantitative estimate of drug-likeness (QED) is 0.729. The Balaban J connectivity index is 1.57. The number of hydrogen-bond donors (Lipinski definition) is 2. The molecule has 9 heteroatoms. The number of amides is 4. The van der Waals surface area contributed by atoms with Gasteiger partial charge < -0.3 is 15.0 Å². The summed E-state index contributed by atoms with van der Waals surface area (Å²) in [4.78, 5) is 37.4. The maximum atomic E-state index is 13.7. The molecule has 0 spiro atoms. The molecule has 2 aliphatic heterocycles. The van der Waals surface area contributed by atoms with Gasteiger partial charge in [-0.1, -0.05) is 11.6 Å². The number of likely N-dealkylation sites (tertiary alicyclic amines) is 1. The summed E-state index contributed by atoms with van der Waals surface area (Å²) >= 11 is 5.92. The second-order valence-electron chi connectivity index (χ2n) is 7.40.